The van der Waals surface area contributed by atoms with Crippen LogP contribution in [0.15, 0.2) is 42.7 Å². The van der Waals surface area contributed by atoms with Gasteiger partial charge in [0.1, 0.15) is 6.54 Å². The lowest BCUT2D eigenvalue weighted by molar-refractivity contribution is -0.123. The topological polar surface area (TPSA) is 79.3 Å². The van der Waals surface area contributed by atoms with Gasteiger partial charge in [-0.15, -0.1) is 0 Å². The Labute approximate surface area is 153 Å². The van der Waals surface area contributed by atoms with E-state index < -0.39 is 5.41 Å². The zero-order valence-corrected chi connectivity index (χ0v) is 15.2. The summed E-state index contributed by atoms with van der Waals surface area (Å²) in [5, 5.41) is 9.70. The number of piperidine rings is 1. The third kappa shape index (κ3) is 3.77. The highest BCUT2D eigenvalue weighted by atomic mass is 16.2. The number of amides is 2. The van der Waals surface area contributed by atoms with E-state index in [-0.39, 0.29) is 18.4 Å². The van der Waals surface area contributed by atoms with E-state index in [1.807, 2.05) is 30.3 Å². The van der Waals surface area contributed by atoms with Crippen LogP contribution < -0.4 is 10.6 Å². The molecule has 1 saturated heterocycles. The van der Waals surface area contributed by atoms with Gasteiger partial charge in [-0.3, -0.25) is 14.3 Å². The number of anilines is 1. The van der Waals surface area contributed by atoms with E-state index >= 15 is 0 Å². The van der Waals surface area contributed by atoms with E-state index in [1.54, 1.807) is 19.4 Å². The monoisotopic (exact) mass is 355 g/mol. The highest BCUT2D eigenvalue weighted by molar-refractivity contribution is 5.99. The molecule has 26 heavy (non-hydrogen) atoms. The largest absolute Gasteiger partial charge is 0.358 e. The summed E-state index contributed by atoms with van der Waals surface area (Å²) in [6, 6.07) is 9.97. The van der Waals surface area contributed by atoms with E-state index in [4.69, 9.17) is 0 Å². The number of carbonyl (C=O) groups excluding carboxylic acids is 2. The van der Waals surface area contributed by atoms with E-state index in [0.717, 1.165) is 31.5 Å². The van der Waals surface area contributed by atoms with E-state index in [1.165, 1.54) is 4.68 Å². The van der Waals surface area contributed by atoms with Crippen LogP contribution in [0, 0.1) is 0 Å². The Balaban J connectivity index is 1.79. The molecule has 7 nitrogen and oxygen atoms in total. The van der Waals surface area contributed by atoms with Crippen LogP contribution in [-0.4, -0.2) is 53.7 Å². The smallest absolute Gasteiger partial charge is 0.241 e. The molecule has 3 rings (SSSR count). The van der Waals surface area contributed by atoms with Crippen molar-refractivity contribution < 1.29 is 9.59 Å². The average molecular weight is 355 g/mol. The van der Waals surface area contributed by atoms with E-state index in [0.29, 0.717) is 5.69 Å². The quantitative estimate of drug-likeness (QED) is 0.846. The van der Waals surface area contributed by atoms with Crippen molar-refractivity contribution in [2.45, 2.75) is 24.8 Å². The first-order valence-electron chi connectivity index (χ1n) is 8.82. The van der Waals surface area contributed by atoms with Gasteiger partial charge in [0, 0.05) is 13.2 Å². The summed E-state index contributed by atoms with van der Waals surface area (Å²) in [4.78, 5) is 26.9. The summed E-state index contributed by atoms with van der Waals surface area (Å²) in [7, 11) is 3.66. The van der Waals surface area contributed by atoms with Crippen LogP contribution in [0.2, 0.25) is 0 Å². The van der Waals surface area contributed by atoms with Crippen molar-refractivity contribution in [1.82, 2.24) is 20.0 Å². The maximum Gasteiger partial charge on any atom is 0.241 e. The molecule has 0 radical (unpaired) electrons. The van der Waals surface area contributed by atoms with Crippen LogP contribution >= 0.6 is 0 Å². The number of aromatic nitrogens is 2. The second kappa shape index (κ2) is 7.70. The fraction of sp³-hybridized carbons (Fsp3) is 0.421. The van der Waals surface area contributed by atoms with Crippen molar-refractivity contribution in [3.63, 3.8) is 0 Å². The van der Waals surface area contributed by atoms with Crippen LogP contribution in [0.3, 0.4) is 0 Å². The molecule has 2 aromatic rings. The minimum atomic E-state index is -0.545. The first-order valence-corrected chi connectivity index (χ1v) is 8.82. The van der Waals surface area contributed by atoms with Crippen molar-refractivity contribution >= 4 is 17.5 Å². The summed E-state index contributed by atoms with van der Waals surface area (Å²) < 4.78 is 1.51. The predicted molar refractivity (Wildman–Crippen MR) is 99.8 cm³/mol. The van der Waals surface area contributed by atoms with Gasteiger partial charge in [0.25, 0.3) is 0 Å². The second-order valence-electron chi connectivity index (χ2n) is 6.81. The maximum atomic E-state index is 13.2. The van der Waals surface area contributed by atoms with Crippen molar-refractivity contribution in [2.24, 2.45) is 0 Å². The lowest BCUT2D eigenvalue weighted by atomic mass is 9.72. The van der Waals surface area contributed by atoms with Crippen molar-refractivity contribution in [3.05, 3.63) is 48.3 Å². The Morgan fingerprint density at radius 1 is 1.19 bits per heavy atom. The van der Waals surface area contributed by atoms with Gasteiger partial charge in [-0.25, -0.2) is 0 Å². The highest BCUT2D eigenvalue weighted by Crippen LogP contribution is 2.36. The third-order valence-corrected chi connectivity index (χ3v) is 5.08. The van der Waals surface area contributed by atoms with Crippen molar-refractivity contribution in [2.75, 3.05) is 32.5 Å². The van der Waals surface area contributed by atoms with Gasteiger partial charge in [-0.2, -0.15) is 5.10 Å². The molecule has 7 heteroatoms. The van der Waals surface area contributed by atoms with Gasteiger partial charge in [-0.1, -0.05) is 30.3 Å². The highest BCUT2D eigenvalue weighted by Gasteiger charge is 2.42. The van der Waals surface area contributed by atoms with Gasteiger partial charge in [-0.05, 0) is 38.5 Å². The molecule has 0 unspecified atom stereocenters. The number of rotatable bonds is 5. The first-order chi connectivity index (χ1) is 12.5. The molecule has 2 heterocycles. The molecule has 1 fully saturated rings. The Morgan fingerprint density at radius 2 is 1.88 bits per heavy atom. The molecule has 0 atom stereocenters. The van der Waals surface area contributed by atoms with E-state index in [2.05, 4.69) is 27.7 Å². The molecule has 0 bridgehead atoms. The number of nitrogens with one attached hydrogen (secondary N) is 2. The maximum absolute atomic E-state index is 13.2. The summed E-state index contributed by atoms with van der Waals surface area (Å²) >= 11 is 0. The number of hydrogen-bond donors (Lipinski definition) is 2. The number of hydrogen-bond acceptors (Lipinski definition) is 4. The number of nitrogens with zero attached hydrogens (tertiary/aromatic N) is 3. The molecule has 1 aromatic carbocycles. The summed E-state index contributed by atoms with van der Waals surface area (Å²) in [5.74, 6) is -0.154. The lowest BCUT2D eigenvalue weighted by Gasteiger charge is -2.39. The predicted octanol–water partition coefficient (Wildman–Crippen LogP) is 1.23. The average Bonchev–Trinajstić information content (AvgIpc) is 3.09. The Kier molecular flexibility index (Phi) is 5.37. The molecule has 1 aliphatic heterocycles. The normalized spacial score (nSPS) is 16.8. The minimum Gasteiger partial charge on any atom is -0.358 e. The Morgan fingerprint density at radius 3 is 2.54 bits per heavy atom. The van der Waals surface area contributed by atoms with Crippen LogP contribution in [0.5, 0.6) is 0 Å². The molecule has 0 spiro atoms. The van der Waals surface area contributed by atoms with Gasteiger partial charge in [0.15, 0.2) is 0 Å². The molecule has 2 N–H and O–H groups in total. The minimum absolute atomic E-state index is 0.0173. The number of carbonyl (C=O) groups is 2. The van der Waals surface area contributed by atoms with Gasteiger partial charge in [0.2, 0.25) is 11.8 Å². The lowest BCUT2D eigenvalue weighted by Crippen LogP contribution is -2.48. The number of benzene rings is 1. The number of likely N-dealkylation sites (N-methyl/N-ethyl adjacent to an activating group) is 1. The molecule has 0 saturated carbocycles. The number of likely N-dealkylation sites (tertiary alicyclic amines) is 1. The summed E-state index contributed by atoms with van der Waals surface area (Å²) in [6.07, 6.45) is 4.80. The Hall–Kier alpha value is -2.67. The first kappa shape index (κ1) is 18.1. The molecular formula is C19H25N5O2. The van der Waals surface area contributed by atoms with Crippen LogP contribution in [0.4, 0.5) is 5.69 Å². The van der Waals surface area contributed by atoms with Crippen LogP contribution in [-0.2, 0) is 21.5 Å². The third-order valence-electron chi connectivity index (χ3n) is 5.08. The summed E-state index contributed by atoms with van der Waals surface area (Å²) in [6.45, 7) is 1.87. The Bertz CT molecular complexity index is 763. The summed E-state index contributed by atoms with van der Waals surface area (Å²) in [5.41, 5.74) is 1.10. The second-order valence-corrected chi connectivity index (χ2v) is 6.81. The molecule has 1 aromatic heterocycles. The van der Waals surface area contributed by atoms with Gasteiger partial charge in [0.05, 0.1) is 17.3 Å². The van der Waals surface area contributed by atoms with Gasteiger partial charge < -0.3 is 15.5 Å². The van der Waals surface area contributed by atoms with Crippen LogP contribution in [0.1, 0.15) is 18.4 Å². The fourth-order valence-electron chi connectivity index (χ4n) is 3.40. The molecule has 2 amide bonds. The molecule has 0 aliphatic carbocycles. The van der Waals surface area contributed by atoms with Crippen LogP contribution in [0.25, 0.3) is 0 Å². The fourth-order valence-corrected chi connectivity index (χ4v) is 3.40. The molecule has 138 valence electrons. The van der Waals surface area contributed by atoms with Crippen molar-refractivity contribution in [3.8, 4) is 0 Å². The SMILES string of the molecule is CNC(=O)Cn1cc(NC(=O)C2(c3ccccc3)CCN(C)CC2)cn1. The molecular weight excluding hydrogens is 330 g/mol. The zero-order valence-electron chi connectivity index (χ0n) is 15.2. The zero-order chi connectivity index (χ0) is 18.6. The van der Waals surface area contributed by atoms with E-state index in [9.17, 15) is 9.59 Å². The standard InChI is InChI=1S/C19H25N5O2/c1-20-17(25)14-24-13-16(12-21-24)22-18(26)19(8-10-23(2)11-9-19)15-6-4-3-5-7-15/h3-7,12-13H,8-11,14H2,1-2H3,(H,20,25)(H,22,26). The molecule has 1 aliphatic rings. The van der Waals surface area contributed by atoms with Crippen molar-refractivity contribution in [1.29, 1.82) is 0 Å². The van der Waals surface area contributed by atoms with Gasteiger partial charge >= 0.3 is 0 Å².